The molecule has 0 spiro atoms. The van der Waals surface area contributed by atoms with Crippen molar-refractivity contribution in [1.82, 2.24) is 15.0 Å². The summed E-state index contributed by atoms with van der Waals surface area (Å²) in [6.07, 6.45) is 5.13. The number of aliphatic hydroxyl groups is 1. The minimum Gasteiger partial charge on any atom is -0.383 e. The lowest BCUT2D eigenvalue weighted by molar-refractivity contribution is 0.210. The molecule has 0 saturated heterocycles. The molecule has 0 aliphatic heterocycles. The van der Waals surface area contributed by atoms with Gasteiger partial charge in [-0.05, 0) is 30.7 Å². The molecule has 4 nitrogen and oxygen atoms in total. The van der Waals surface area contributed by atoms with Crippen LogP contribution in [0.3, 0.4) is 0 Å². The standard InChI is InChI=1S/C20H15F2N3O/c1-11-4-5-16(21)17(18(11)22)19(26)15-10-25-20-14(15)7-13(9-24-20)12-3-2-6-23-8-12/h2-10,19,26H,1H3,(H,24,25). The van der Waals surface area contributed by atoms with Crippen LogP contribution in [0.1, 0.15) is 22.8 Å². The highest BCUT2D eigenvalue weighted by Crippen LogP contribution is 2.33. The summed E-state index contributed by atoms with van der Waals surface area (Å²) in [7, 11) is 0. The molecule has 1 unspecified atom stereocenters. The fraction of sp³-hybridized carbons (Fsp3) is 0.100. The molecule has 1 atom stereocenters. The summed E-state index contributed by atoms with van der Waals surface area (Å²) in [5.74, 6) is -1.53. The number of benzene rings is 1. The Hall–Kier alpha value is -3.12. The number of H-pyrrole nitrogens is 1. The first-order chi connectivity index (χ1) is 12.6. The zero-order valence-corrected chi connectivity index (χ0v) is 13.9. The van der Waals surface area contributed by atoms with E-state index in [0.29, 0.717) is 16.6 Å². The van der Waals surface area contributed by atoms with Gasteiger partial charge in [-0.15, -0.1) is 0 Å². The Kier molecular flexibility index (Phi) is 3.97. The summed E-state index contributed by atoms with van der Waals surface area (Å²) in [6.45, 7) is 1.53. The fourth-order valence-electron chi connectivity index (χ4n) is 3.03. The van der Waals surface area contributed by atoms with E-state index in [-0.39, 0.29) is 11.1 Å². The second-order valence-corrected chi connectivity index (χ2v) is 6.10. The van der Waals surface area contributed by atoms with Crippen molar-refractivity contribution in [3.63, 3.8) is 0 Å². The van der Waals surface area contributed by atoms with Gasteiger partial charge in [0, 0.05) is 46.9 Å². The van der Waals surface area contributed by atoms with E-state index in [4.69, 9.17) is 0 Å². The van der Waals surface area contributed by atoms with Gasteiger partial charge in [-0.2, -0.15) is 0 Å². The first kappa shape index (κ1) is 16.4. The van der Waals surface area contributed by atoms with Crippen LogP contribution < -0.4 is 0 Å². The molecule has 0 saturated carbocycles. The van der Waals surface area contributed by atoms with E-state index in [1.165, 1.54) is 19.2 Å². The molecule has 130 valence electrons. The number of aryl methyl sites for hydroxylation is 1. The van der Waals surface area contributed by atoms with E-state index in [1.54, 1.807) is 18.6 Å². The van der Waals surface area contributed by atoms with Crippen molar-refractivity contribution in [3.05, 3.63) is 83.4 Å². The van der Waals surface area contributed by atoms with Crippen molar-refractivity contribution in [2.75, 3.05) is 0 Å². The van der Waals surface area contributed by atoms with Gasteiger partial charge in [0.25, 0.3) is 0 Å². The normalized spacial score (nSPS) is 12.5. The number of aromatic nitrogens is 3. The molecular weight excluding hydrogens is 336 g/mol. The summed E-state index contributed by atoms with van der Waals surface area (Å²) in [4.78, 5) is 11.4. The third kappa shape index (κ3) is 2.64. The molecule has 6 heteroatoms. The molecule has 1 aromatic carbocycles. The average molecular weight is 351 g/mol. The van der Waals surface area contributed by atoms with Crippen molar-refractivity contribution < 1.29 is 13.9 Å². The molecule has 2 N–H and O–H groups in total. The second-order valence-electron chi connectivity index (χ2n) is 6.10. The molecule has 0 amide bonds. The van der Waals surface area contributed by atoms with Crippen LogP contribution >= 0.6 is 0 Å². The summed E-state index contributed by atoms with van der Waals surface area (Å²) < 4.78 is 28.6. The molecular formula is C20H15F2N3O. The predicted octanol–water partition coefficient (Wildman–Crippen LogP) is 4.29. The molecule has 0 aliphatic carbocycles. The molecule has 0 radical (unpaired) electrons. The van der Waals surface area contributed by atoms with E-state index >= 15 is 0 Å². The summed E-state index contributed by atoms with van der Waals surface area (Å²) in [6, 6.07) is 8.02. The Morgan fingerprint density at radius 2 is 1.96 bits per heavy atom. The van der Waals surface area contributed by atoms with Gasteiger partial charge in [0.15, 0.2) is 0 Å². The number of nitrogens with one attached hydrogen (secondary N) is 1. The lowest BCUT2D eigenvalue weighted by Crippen LogP contribution is -2.07. The maximum atomic E-state index is 14.4. The number of halogens is 2. The van der Waals surface area contributed by atoms with Gasteiger partial charge in [0.1, 0.15) is 23.4 Å². The van der Waals surface area contributed by atoms with E-state index in [0.717, 1.165) is 17.2 Å². The van der Waals surface area contributed by atoms with Gasteiger partial charge in [-0.3, -0.25) is 4.98 Å². The molecule has 3 aromatic heterocycles. The summed E-state index contributed by atoms with van der Waals surface area (Å²) in [5.41, 5.74) is 2.45. The zero-order valence-electron chi connectivity index (χ0n) is 13.9. The van der Waals surface area contributed by atoms with Gasteiger partial charge in [0.05, 0.1) is 5.56 Å². The maximum absolute atomic E-state index is 14.4. The molecule has 3 heterocycles. The van der Waals surface area contributed by atoms with Crippen LogP contribution in [0.4, 0.5) is 8.78 Å². The van der Waals surface area contributed by atoms with E-state index in [1.807, 2.05) is 18.2 Å². The van der Waals surface area contributed by atoms with Crippen LogP contribution in [0.15, 0.2) is 55.1 Å². The smallest absolute Gasteiger partial charge is 0.137 e. The van der Waals surface area contributed by atoms with Crippen LogP contribution in [0.25, 0.3) is 22.2 Å². The number of rotatable bonds is 3. The lowest BCUT2D eigenvalue weighted by Gasteiger charge is -2.14. The molecule has 4 rings (SSSR count). The zero-order chi connectivity index (χ0) is 18.3. The van der Waals surface area contributed by atoms with E-state index in [9.17, 15) is 13.9 Å². The van der Waals surface area contributed by atoms with Crippen LogP contribution in [-0.4, -0.2) is 20.1 Å². The monoisotopic (exact) mass is 351 g/mol. The number of hydrogen-bond acceptors (Lipinski definition) is 3. The Morgan fingerprint density at radius 3 is 2.73 bits per heavy atom. The number of fused-ring (bicyclic) bond motifs is 1. The fourth-order valence-corrected chi connectivity index (χ4v) is 3.03. The third-order valence-electron chi connectivity index (χ3n) is 4.45. The number of aromatic amines is 1. The van der Waals surface area contributed by atoms with Crippen molar-refractivity contribution >= 4 is 11.0 Å². The summed E-state index contributed by atoms with van der Waals surface area (Å²) in [5, 5.41) is 11.3. The van der Waals surface area contributed by atoms with E-state index < -0.39 is 17.7 Å². The minimum absolute atomic E-state index is 0.273. The lowest BCUT2D eigenvalue weighted by atomic mass is 9.97. The van der Waals surface area contributed by atoms with Gasteiger partial charge in [-0.25, -0.2) is 13.8 Å². The van der Waals surface area contributed by atoms with Crippen LogP contribution in [0, 0.1) is 18.6 Å². The van der Waals surface area contributed by atoms with Crippen molar-refractivity contribution in [3.8, 4) is 11.1 Å². The first-order valence-corrected chi connectivity index (χ1v) is 8.06. The highest BCUT2D eigenvalue weighted by atomic mass is 19.1. The molecule has 26 heavy (non-hydrogen) atoms. The third-order valence-corrected chi connectivity index (χ3v) is 4.45. The second kappa shape index (κ2) is 6.31. The highest BCUT2D eigenvalue weighted by molar-refractivity contribution is 5.85. The van der Waals surface area contributed by atoms with Crippen LogP contribution in [-0.2, 0) is 0 Å². The average Bonchev–Trinajstić information content (AvgIpc) is 3.09. The van der Waals surface area contributed by atoms with Gasteiger partial charge in [-0.1, -0.05) is 12.1 Å². The Labute approximate surface area is 148 Å². The van der Waals surface area contributed by atoms with Gasteiger partial charge in [0.2, 0.25) is 0 Å². The van der Waals surface area contributed by atoms with Crippen LogP contribution in [0.5, 0.6) is 0 Å². The minimum atomic E-state index is -1.45. The highest BCUT2D eigenvalue weighted by Gasteiger charge is 2.24. The number of pyridine rings is 2. The number of hydrogen-bond donors (Lipinski definition) is 2. The van der Waals surface area contributed by atoms with Crippen LogP contribution in [0.2, 0.25) is 0 Å². The Morgan fingerprint density at radius 1 is 1.12 bits per heavy atom. The Bertz CT molecular complexity index is 1090. The largest absolute Gasteiger partial charge is 0.383 e. The van der Waals surface area contributed by atoms with Gasteiger partial charge >= 0.3 is 0 Å². The number of aliphatic hydroxyl groups excluding tert-OH is 1. The van der Waals surface area contributed by atoms with Gasteiger partial charge < -0.3 is 10.1 Å². The topological polar surface area (TPSA) is 61.8 Å². The number of nitrogens with zero attached hydrogens (tertiary/aromatic N) is 2. The maximum Gasteiger partial charge on any atom is 0.137 e. The van der Waals surface area contributed by atoms with Crippen molar-refractivity contribution in [1.29, 1.82) is 0 Å². The summed E-state index contributed by atoms with van der Waals surface area (Å²) >= 11 is 0. The quantitative estimate of drug-likeness (QED) is 0.579. The van der Waals surface area contributed by atoms with Crippen molar-refractivity contribution in [2.45, 2.75) is 13.0 Å². The molecule has 0 bridgehead atoms. The van der Waals surface area contributed by atoms with Crippen molar-refractivity contribution in [2.24, 2.45) is 0 Å². The Balaban J connectivity index is 1.86. The predicted molar refractivity (Wildman–Crippen MR) is 94.5 cm³/mol. The molecule has 0 fully saturated rings. The first-order valence-electron chi connectivity index (χ1n) is 8.06. The molecule has 0 aliphatic rings. The van der Waals surface area contributed by atoms with E-state index in [2.05, 4.69) is 15.0 Å². The SMILES string of the molecule is Cc1ccc(F)c(C(O)c2c[nH]c3ncc(-c4cccnc4)cc23)c1F. The molecule has 4 aromatic rings.